The Morgan fingerprint density at radius 2 is 1.84 bits per heavy atom. The van der Waals surface area contributed by atoms with Gasteiger partial charge in [-0.1, -0.05) is 6.07 Å². The standard InChI is InChI=1S/C15H15FN2O/c1-9-3-4-11(7-10(9)2)15(19)18-14-8-12(17)5-6-13(14)16/h3-8H,17H2,1-2H3,(H,18,19). The van der Waals surface area contributed by atoms with Gasteiger partial charge in [-0.05, 0) is 55.3 Å². The molecular weight excluding hydrogens is 243 g/mol. The second-order valence-electron chi connectivity index (χ2n) is 4.49. The Morgan fingerprint density at radius 1 is 1.11 bits per heavy atom. The van der Waals surface area contributed by atoms with E-state index >= 15 is 0 Å². The van der Waals surface area contributed by atoms with Crippen molar-refractivity contribution in [1.82, 2.24) is 0 Å². The number of aryl methyl sites for hydroxylation is 2. The lowest BCUT2D eigenvalue weighted by molar-refractivity contribution is 0.102. The van der Waals surface area contributed by atoms with Crippen LogP contribution in [0.3, 0.4) is 0 Å². The summed E-state index contributed by atoms with van der Waals surface area (Å²) in [6.07, 6.45) is 0. The van der Waals surface area contributed by atoms with Gasteiger partial charge in [0.1, 0.15) is 5.82 Å². The third-order valence-electron chi connectivity index (χ3n) is 3.01. The maximum atomic E-state index is 13.5. The quantitative estimate of drug-likeness (QED) is 0.812. The van der Waals surface area contributed by atoms with Crippen LogP contribution < -0.4 is 11.1 Å². The average molecular weight is 258 g/mol. The Labute approximate surface area is 111 Å². The molecule has 0 unspecified atom stereocenters. The normalized spacial score (nSPS) is 10.3. The maximum absolute atomic E-state index is 13.5. The van der Waals surface area contributed by atoms with Crippen molar-refractivity contribution < 1.29 is 9.18 Å². The Morgan fingerprint density at radius 3 is 2.53 bits per heavy atom. The van der Waals surface area contributed by atoms with Gasteiger partial charge >= 0.3 is 0 Å². The molecule has 0 saturated heterocycles. The number of hydrogen-bond acceptors (Lipinski definition) is 2. The van der Waals surface area contributed by atoms with Crippen LogP contribution in [0.15, 0.2) is 36.4 Å². The fourth-order valence-corrected chi connectivity index (χ4v) is 1.72. The Hall–Kier alpha value is -2.36. The first-order valence-corrected chi connectivity index (χ1v) is 5.91. The van der Waals surface area contributed by atoms with Crippen LogP contribution in [0, 0.1) is 19.7 Å². The molecule has 0 heterocycles. The van der Waals surface area contributed by atoms with E-state index in [9.17, 15) is 9.18 Å². The molecule has 2 aromatic rings. The minimum absolute atomic E-state index is 0.0863. The number of hydrogen-bond donors (Lipinski definition) is 2. The molecule has 3 nitrogen and oxygen atoms in total. The summed E-state index contributed by atoms with van der Waals surface area (Å²) in [6, 6.07) is 9.41. The third-order valence-corrected chi connectivity index (χ3v) is 3.01. The minimum atomic E-state index is -0.508. The van der Waals surface area contributed by atoms with Gasteiger partial charge in [0.05, 0.1) is 5.69 Å². The molecule has 0 spiro atoms. The second kappa shape index (κ2) is 5.10. The van der Waals surface area contributed by atoms with Crippen molar-refractivity contribution >= 4 is 17.3 Å². The summed E-state index contributed by atoms with van der Waals surface area (Å²) in [5.74, 6) is -0.862. The predicted octanol–water partition coefficient (Wildman–Crippen LogP) is 3.28. The molecule has 0 aliphatic heterocycles. The molecule has 0 saturated carbocycles. The fourth-order valence-electron chi connectivity index (χ4n) is 1.72. The van der Waals surface area contributed by atoms with Crippen LogP contribution in [0.4, 0.5) is 15.8 Å². The van der Waals surface area contributed by atoms with Crippen LogP contribution in [0.25, 0.3) is 0 Å². The minimum Gasteiger partial charge on any atom is -0.399 e. The van der Waals surface area contributed by atoms with Crippen LogP contribution in [-0.2, 0) is 0 Å². The molecule has 4 heteroatoms. The van der Waals surface area contributed by atoms with Gasteiger partial charge in [-0.3, -0.25) is 4.79 Å². The van der Waals surface area contributed by atoms with Gasteiger partial charge in [0.2, 0.25) is 0 Å². The van der Waals surface area contributed by atoms with E-state index in [0.717, 1.165) is 11.1 Å². The van der Waals surface area contributed by atoms with Crippen molar-refractivity contribution in [2.45, 2.75) is 13.8 Å². The van der Waals surface area contributed by atoms with Crippen molar-refractivity contribution in [1.29, 1.82) is 0 Å². The van der Waals surface area contributed by atoms with E-state index in [1.54, 1.807) is 12.1 Å². The highest BCUT2D eigenvalue weighted by atomic mass is 19.1. The smallest absolute Gasteiger partial charge is 0.255 e. The first kappa shape index (κ1) is 13.1. The molecular formula is C15H15FN2O. The summed E-state index contributed by atoms with van der Waals surface area (Å²) in [6.45, 7) is 3.89. The Kier molecular flexibility index (Phi) is 3.51. The molecule has 98 valence electrons. The monoisotopic (exact) mass is 258 g/mol. The number of benzene rings is 2. The Balaban J connectivity index is 2.25. The number of halogens is 1. The second-order valence-corrected chi connectivity index (χ2v) is 4.49. The van der Waals surface area contributed by atoms with Gasteiger partial charge in [-0.15, -0.1) is 0 Å². The van der Waals surface area contributed by atoms with Gasteiger partial charge in [0.15, 0.2) is 0 Å². The maximum Gasteiger partial charge on any atom is 0.255 e. The SMILES string of the molecule is Cc1ccc(C(=O)Nc2cc(N)ccc2F)cc1C. The highest BCUT2D eigenvalue weighted by molar-refractivity contribution is 6.04. The zero-order valence-electron chi connectivity index (χ0n) is 10.8. The molecule has 0 fully saturated rings. The highest BCUT2D eigenvalue weighted by Crippen LogP contribution is 2.19. The van der Waals surface area contributed by atoms with E-state index < -0.39 is 5.82 Å². The number of amides is 1. The van der Waals surface area contributed by atoms with E-state index in [4.69, 9.17) is 5.73 Å². The number of nitrogens with two attached hydrogens (primary N) is 1. The third kappa shape index (κ3) is 2.91. The van der Waals surface area contributed by atoms with Crippen LogP contribution in [-0.4, -0.2) is 5.91 Å². The first-order chi connectivity index (χ1) is 8.97. The van der Waals surface area contributed by atoms with Gasteiger partial charge < -0.3 is 11.1 Å². The lowest BCUT2D eigenvalue weighted by Crippen LogP contribution is -2.13. The summed E-state index contributed by atoms with van der Waals surface area (Å²) >= 11 is 0. The number of carbonyl (C=O) groups excluding carboxylic acids is 1. The molecule has 19 heavy (non-hydrogen) atoms. The molecule has 1 amide bonds. The molecule has 0 radical (unpaired) electrons. The zero-order chi connectivity index (χ0) is 14.0. The van der Waals surface area contributed by atoms with E-state index in [1.807, 2.05) is 19.9 Å². The summed E-state index contributed by atoms with van der Waals surface area (Å²) in [5, 5.41) is 2.52. The molecule has 0 aliphatic rings. The summed E-state index contributed by atoms with van der Waals surface area (Å²) in [7, 11) is 0. The lowest BCUT2D eigenvalue weighted by Gasteiger charge is -2.08. The van der Waals surface area contributed by atoms with Crippen LogP contribution in [0.1, 0.15) is 21.5 Å². The van der Waals surface area contributed by atoms with Crippen molar-refractivity contribution in [3.63, 3.8) is 0 Å². The first-order valence-electron chi connectivity index (χ1n) is 5.91. The van der Waals surface area contributed by atoms with Crippen molar-refractivity contribution in [3.8, 4) is 0 Å². The number of rotatable bonds is 2. The topological polar surface area (TPSA) is 55.1 Å². The van der Waals surface area contributed by atoms with Crippen molar-refractivity contribution in [2.24, 2.45) is 0 Å². The van der Waals surface area contributed by atoms with E-state index in [0.29, 0.717) is 11.3 Å². The summed E-state index contributed by atoms with van der Waals surface area (Å²) < 4.78 is 13.5. The van der Waals surface area contributed by atoms with Crippen LogP contribution in [0.5, 0.6) is 0 Å². The van der Waals surface area contributed by atoms with Gasteiger partial charge in [0, 0.05) is 11.3 Å². The molecule has 0 aliphatic carbocycles. The average Bonchev–Trinajstić information content (AvgIpc) is 2.37. The zero-order valence-corrected chi connectivity index (χ0v) is 10.8. The van der Waals surface area contributed by atoms with Gasteiger partial charge in [0.25, 0.3) is 5.91 Å². The van der Waals surface area contributed by atoms with Crippen molar-refractivity contribution in [2.75, 3.05) is 11.1 Å². The molecule has 3 N–H and O–H groups in total. The molecule has 2 aromatic carbocycles. The van der Waals surface area contributed by atoms with Crippen LogP contribution >= 0.6 is 0 Å². The number of carbonyl (C=O) groups is 1. The van der Waals surface area contributed by atoms with E-state index in [2.05, 4.69) is 5.32 Å². The molecule has 0 aromatic heterocycles. The molecule has 2 rings (SSSR count). The molecule has 0 atom stereocenters. The highest BCUT2D eigenvalue weighted by Gasteiger charge is 2.10. The Bertz CT molecular complexity index is 638. The largest absolute Gasteiger partial charge is 0.399 e. The number of nitrogen functional groups attached to an aromatic ring is 1. The summed E-state index contributed by atoms with van der Waals surface area (Å²) in [5.41, 5.74) is 8.66. The lowest BCUT2D eigenvalue weighted by atomic mass is 10.1. The predicted molar refractivity (Wildman–Crippen MR) is 74.7 cm³/mol. The summed E-state index contributed by atoms with van der Waals surface area (Å²) in [4.78, 5) is 12.0. The van der Waals surface area contributed by atoms with E-state index in [-0.39, 0.29) is 11.6 Å². The van der Waals surface area contributed by atoms with E-state index in [1.165, 1.54) is 18.2 Å². The fraction of sp³-hybridized carbons (Fsp3) is 0.133. The number of anilines is 2. The van der Waals surface area contributed by atoms with Gasteiger partial charge in [-0.25, -0.2) is 4.39 Å². The number of nitrogens with one attached hydrogen (secondary N) is 1. The molecule has 0 bridgehead atoms. The van der Waals surface area contributed by atoms with Crippen molar-refractivity contribution in [3.05, 3.63) is 58.9 Å². The van der Waals surface area contributed by atoms with Crippen LogP contribution in [0.2, 0.25) is 0 Å². The van der Waals surface area contributed by atoms with Gasteiger partial charge in [-0.2, -0.15) is 0 Å².